The summed E-state index contributed by atoms with van der Waals surface area (Å²) in [5, 5.41) is 0. The first-order valence-electron chi connectivity index (χ1n) is 8.52. The summed E-state index contributed by atoms with van der Waals surface area (Å²) in [5.74, 6) is 0.527. The van der Waals surface area contributed by atoms with Gasteiger partial charge in [-0.1, -0.05) is 12.8 Å². The lowest BCUT2D eigenvalue weighted by atomic mass is 10.1. The largest absolute Gasteiger partial charge is 0.341 e. The fourth-order valence-electron chi connectivity index (χ4n) is 3.89. The van der Waals surface area contributed by atoms with E-state index in [1.165, 1.54) is 12.8 Å². The first-order chi connectivity index (χ1) is 11.1. The van der Waals surface area contributed by atoms with E-state index in [4.69, 9.17) is 0 Å². The summed E-state index contributed by atoms with van der Waals surface area (Å²) in [6.45, 7) is 3.33. The van der Waals surface area contributed by atoms with Crippen molar-refractivity contribution >= 4 is 11.8 Å². The Hall–Kier alpha value is -1.91. The van der Waals surface area contributed by atoms with E-state index in [-0.39, 0.29) is 17.7 Å². The maximum atomic E-state index is 12.6. The molecule has 1 unspecified atom stereocenters. The summed E-state index contributed by atoms with van der Waals surface area (Å²) in [5.41, 5.74) is 1.58. The highest BCUT2D eigenvalue weighted by molar-refractivity contribution is 5.95. The zero-order chi connectivity index (χ0) is 16.4. The van der Waals surface area contributed by atoms with Crippen LogP contribution in [0.5, 0.6) is 0 Å². The number of carbonyl (C=O) groups excluding carboxylic acids is 2. The molecule has 1 atom stereocenters. The van der Waals surface area contributed by atoms with E-state index in [1.54, 1.807) is 23.4 Å². The molecule has 0 N–H and O–H groups in total. The number of carbonyl (C=O) groups is 2. The van der Waals surface area contributed by atoms with E-state index in [2.05, 4.69) is 9.88 Å². The fraction of sp³-hybridized carbons (Fsp3) is 0.611. The zero-order valence-electron chi connectivity index (χ0n) is 14.0. The van der Waals surface area contributed by atoms with Crippen molar-refractivity contribution in [2.24, 2.45) is 5.92 Å². The van der Waals surface area contributed by atoms with E-state index in [9.17, 15) is 9.59 Å². The van der Waals surface area contributed by atoms with Crippen LogP contribution < -0.4 is 0 Å². The van der Waals surface area contributed by atoms with Crippen molar-refractivity contribution in [2.75, 3.05) is 20.1 Å². The van der Waals surface area contributed by atoms with Gasteiger partial charge in [-0.3, -0.25) is 14.6 Å². The Kier molecular flexibility index (Phi) is 4.64. The van der Waals surface area contributed by atoms with E-state index < -0.39 is 0 Å². The van der Waals surface area contributed by atoms with Crippen LogP contribution in [0, 0.1) is 12.8 Å². The maximum Gasteiger partial charge on any atom is 0.253 e. The van der Waals surface area contributed by atoms with Gasteiger partial charge in [0, 0.05) is 56.5 Å². The van der Waals surface area contributed by atoms with Crippen LogP contribution in [-0.4, -0.2) is 52.8 Å². The Morgan fingerprint density at radius 3 is 2.83 bits per heavy atom. The summed E-state index contributed by atoms with van der Waals surface area (Å²) < 4.78 is 0. The average molecular weight is 315 g/mol. The molecule has 0 spiro atoms. The first kappa shape index (κ1) is 16.0. The molecule has 1 aliphatic heterocycles. The van der Waals surface area contributed by atoms with Crippen LogP contribution in [0.25, 0.3) is 0 Å². The molecule has 2 aliphatic rings. The SMILES string of the molecule is Cc1cnccc1C(=O)N(C)CC1CC(=O)N(C2CCCC2)C1. The molecule has 0 aromatic carbocycles. The van der Waals surface area contributed by atoms with Crippen molar-refractivity contribution in [3.05, 3.63) is 29.6 Å². The highest BCUT2D eigenvalue weighted by Crippen LogP contribution is 2.29. The number of rotatable bonds is 4. The quantitative estimate of drug-likeness (QED) is 0.856. The van der Waals surface area contributed by atoms with Gasteiger partial charge in [0.1, 0.15) is 0 Å². The van der Waals surface area contributed by atoms with Gasteiger partial charge >= 0.3 is 0 Å². The first-order valence-corrected chi connectivity index (χ1v) is 8.52. The van der Waals surface area contributed by atoms with Crippen molar-refractivity contribution in [3.8, 4) is 0 Å². The van der Waals surface area contributed by atoms with Crippen molar-refractivity contribution < 1.29 is 9.59 Å². The van der Waals surface area contributed by atoms with Gasteiger partial charge in [0.2, 0.25) is 5.91 Å². The van der Waals surface area contributed by atoms with Crippen molar-refractivity contribution in [1.82, 2.24) is 14.8 Å². The van der Waals surface area contributed by atoms with Crippen molar-refractivity contribution in [3.63, 3.8) is 0 Å². The van der Waals surface area contributed by atoms with Crippen LogP contribution in [-0.2, 0) is 4.79 Å². The zero-order valence-corrected chi connectivity index (χ0v) is 14.0. The van der Waals surface area contributed by atoms with Crippen LogP contribution in [0.4, 0.5) is 0 Å². The van der Waals surface area contributed by atoms with Gasteiger partial charge < -0.3 is 9.80 Å². The molecule has 0 radical (unpaired) electrons. The predicted molar refractivity (Wildman–Crippen MR) is 88.0 cm³/mol. The lowest BCUT2D eigenvalue weighted by molar-refractivity contribution is -0.129. The van der Waals surface area contributed by atoms with Gasteiger partial charge in [0.25, 0.3) is 5.91 Å². The van der Waals surface area contributed by atoms with Gasteiger partial charge in [-0.25, -0.2) is 0 Å². The summed E-state index contributed by atoms with van der Waals surface area (Å²) >= 11 is 0. The second-order valence-electron chi connectivity index (χ2n) is 6.93. The monoisotopic (exact) mass is 315 g/mol. The Balaban J connectivity index is 1.60. The molecular formula is C18H25N3O2. The second kappa shape index (κ2) is 6.69. The highest BCUT2D eigenvalue weighted by Gasteiger charge is 2.36. The maximum absolute atomic E-state index is 12.6. The van der Waals surface area contributed by atoms with Gasteiger partial charge in [-0.05, 0) is 31.4 Å². The number of aromatic nitrogens is 1. The minimum atomic E-state index is 0.0108. The molecule has 1 aromatic heterocycles. The smallest absolute Gasteiger partial charge is 0.253 e. The lowest BCUT2D eigenvalue weighted by Crippen LogP contribution is -2.36. The number of hydrogen-bond donors (Lipinski definition) is 0. The molecule has 5 heteroatoms. The summed E-state index contributed by atoms with van der Waals surface area (Å²) in [6, 6.07) is 2.20. The van der Waals surface area contributed by atoms with Gasteiger partial charge in [0.05, 0.1) is 0 Å². The van der Waals surface area contributed by atoms with E-state index in [0.29, 0.717) is 24.6 Å². The highest BCUT2D eigenvalue weighted by atomic mass is 16.2. The number of likely N-dealkylation sites (tertiary alicyclic amines) is 1. The standard InChI is InChI=1S/C18H25N3O2/c1-13-10-19-8-7-16(13)18(23)20(2)11-14-9-17(22)21(12-14)15-5-3-4-6-15/h7-8,10,14-15H,3-6,9,11-12H2,1-2H3. The molecule has 0 bridgehead atoms. The molecule has 3 rings (SSSR count). The molecule has 5 nitrogen and oxygen atoms in total. The van der Waals surface area contributed by atoms with Gasteiger partial charge in [0.15, 0.2) is 0 Å². The van der Waals surface area contributed by atoms with Gasteiger partial charge in [-0.2, -0.15) is 0 Å². The number of pyridine rings is 1. The molecule has 1 aromatic rings. The molecule has 1 saturated carbocycles. The topological polar surface area (TPSA) is 53.5 Å². The third-order valence-electron chi connectivity index (χ3n) is 5.13. The van der Waals surface area contributed by atoms with E-state index in [0.717, 1.165) is 24.9 Å². The minimum absolute atomic E-state index is 0.0108. The molecule has 2 fully saturated rings. The summed E-state index contributed by atoms with van der Waals surface area (Å²) in [4.78, 5) is 32.7. The lowest BCUT2D eigenvalue weighted by Gasteiger charge is -2.25. The second-order valence-corrected chi connectivity index (χ2v) is 6.93. The fourth-order valence-corrected chi connectivity index (χ4v) is 3.89. The molecule has 1 saturated heterocycles. The summed E-state index contributed by atoms with van der Waals surface area (Å²) in [7, 11) is 1.82. The average Bonchev–Trinajstić information content (AvgIpc) is 3.16. The molecular weight excluding hydrogens is 290 g/mol. The Morgan fingerprint density at radius 1 is 1.39 bits per heavy atom. The normalized spacial score (nSPS) is 21.9. The molecule has 2 amide bonds. The number of aryl methyl sites for hydroxylation is 1. The van der Waals surface area contributed by atoms with Crippen LogP contribution in [0.2, 0.25) is 0 Å². The van der Waals surface area contributed by atoms with Crippen LogP contribution in [0.15, 0.2) is 18.5 Å². The molecule has 23 heavy (non-hydrogen) atoms. The third-order valence-corrected chi connectivity index (χ3v) is 5.13. The number of hydrogen-bond acceptors (Lipinski definition) is 3. The van der Waals surface area contributed by atoms with Gasteiger partial charge in [-0.15, -0.1) is 0 Å². The molecule has 1 aliphatic carbocycles. The Bertz CT molecular complexity index is 596. The predicted octanol–water partition coefficient (Wildman–Crippen LogP) is 2.25. The van der Waals surface area contributed by atoms with Crippen LogP contribution in [0.3, 0.4) is 0 Å². The third kappa shape index (κ3) is 3.38. The van der Waals surface area contributed by atoms with Crippen molar-refractivity contribution in [1.29, 1.82) is 0 Å². The van der Waals surface area contributed by atoms with E-state index >= 15 is 0 Å². The Morgan fingerprint density at radius 2 is 2.13 bits per heavy atom. The van der Waals surface area contributed by atoms with Crippen LogP contribution >= 0.6 is 0 Å². The number of amides is 2. The summed E-state index contributed by atoms with van der Waals surface area (Å²) in [6.07, 6.45) is 8.69. The Labute approximate surface area is 137 Å². The van der Waals surface area contributed by atoms with Crippen LogP contribution in [0.1, 0.15) is 48.0 Å². The minimum Gasteiger partial charge on any atom is -0.341 e. The number of nitrogens with zero attached hydrogens (tertiary/aromatic N) is 3. The molecule has 124 valence electrons. The molecule has 2 heterocycles. The van der Waals surface area contributed by atoms with E-state index in [1.807, 2.05) is 14.0 Å². The van der Waals surface area contributed by atoms with Crippen molar-refractivity contribution in [2.45, 2.75) is 45.1 Å².